The number of hydrogen-bond donors (Lipinski definition) is 2. The molecule has 0 spiro atoms. The molecule has 15 heavy (non-hydrogen) atoms. The van der Waals surface area contributed by atoms with Gasteiger partial charge in [-0.3, -0.25) is 0 Å². The molecule has 4 nitrogen and oxygen atoms in total. The fourth-order valence-corrected chi connectivity index (χ4v) is 2.01. The van der Waals surface area contributed by atoms with Crippen LogP contribution in [0.3, 0.4) is 0 Å². The molecule has 0 atom stereocenters. The Labute approximate surface area is 91.5 Å². The van der Waals surface area contributed by atoms with Gasteiger partial charge in [0.15, 0.2) is 0 Å². The highest BCUT2D eigenvalue weighted by atomic mass is 16.5. The highest BCUT2D eigenvalue weighted by Crippen LogP contribution is 2.23. The molecule has 3 N–H and O–H groups in total. The van der Waals surface area contributed by atoms with Gasteiger partial charge in [-0.15, -0.1) is 0 Å². The molecular formula is C11H22N2O2. The van der Waals surface area contributed by atoms with E-state index in [0.717, 1.165) is 18.9 Å². The van der Waals surface area contributed by atoms with Crippen molar-refractivity contribution in [1.82, 2.24) is 0 Å². The lowest BCUT2D eigenvalue weighted by molar-refractivity contribution is 0.0844. The van der Waals surface area contributed by atoms with Crippen molar-refractivity contribution in [3.63, 3.8) is 0 Å². The summed E-state index contributed by atoms with van der Waals surface area (Å²) in [5.74, 6) is 1.05. The third-order valence-electron chi connectivity index (χ3n) is 2.93. The number of oxime groups is 1. The topological polar surface area (TPSA) is 67.8 Å². The Morgan fingerprint density at radius 1 is 1.33 bits per heavy atom. The Hall–Kier alpha value is -0.770. The van der Waals surface area contributed by atoms with Gasteiger partial charge in [-0.05, 0) is 25.2 Å². The second-order valence-corrected chi connectivity index (χ2v) is 4.27. The number of amidine groups is 1. The molecule has 0 bridgehead atoms. The second-order valence-electron chi connectivity index (χ2n) is 4.27. The minimum absolute atomic E-state index is 0.288. The first-order chi connectivity index (χ1) is 7.33. The molecular weight excluding hydrogens is 192 g/mol. The fraction of sp³-hybridized carbons (Fsp3) is 0.909. The number of rotatable bonds is 6. The van der Waals surface area contributed by atoms with Crippen molar-refractivity contribution >= 4 is 5.84 Å². The lowest BCUT2D eigenvalue weighted by Crippen LogP contribution is -2.15. The van der Waals surface area contributed by atoms with Crippen molar-refractivity contribution in [1.29, 1.82) is 0 Å². The SMILES string of the molecule is NC(CCCOCC1CCCCC1)=NO. The molecule has 0 aromatic rings. The van der Waals surface area contributed by atoms with Crippen LogP contribution < -0.4 is 5.73 Å². The van der Waals surface area contributed by atoms with E-state index in [2.05, 4.69) is 5.16 Å². The number of hydrogen-bond acceptors (Lipinski definition) is 3. The van der Waals surface area contributed by atoms with Crippen molar-refractivity contribution in [3.8, 4) is 0 Å². The average molecular weight is 214 g/mol. The molecule has 0 heterocycles. The van der Waals surface area contributed by atoms with Gasteiger partial charge in [-0.1, -0.05) is 24.4 Å². The zero-order chi connectivity index (χ0) is 10.9. The number of nitrogens with zero attached hydrogens (tertiary/aromatic N) is 1. The largest absolute Gasteiger partial charge is 0.409 e. The van der Waals surface area contributed by atoms with Crippen molar-refractivity contribution in [2.24, 2.45) is 16.8 Å². The first kappa shape index (κ1) is 12.3. The van der Waals surface area contributed by atoms with Crippen LogP contribution >= 0.6 is 0 Å². The smallest absolute Gasteiger partial charge is 0.139 e. The van der Waals surface area contributed by atoms with Gasteiger partial charge in [0.1, 0.15) is 5.84 Å². The van der Waals surface area contributed by atoms with E-state index in [1.54, 1.807) is 0 Å². The van der Waals surface area contributed by atoms with Crippen LogP contribution in [0.25, 0.3) is 0 Å². The van der Waals surface area contributed by atoms with Crippen LogP contribution in [-0.2, 0) is 4.74 Å². The summed E-state index contributed by atoms with van der Waals surface area (Å²) in [5.41, 5.74) is 5.34. The molecule has 88 valence electrons. The van der Waals surface area contributed by atoms with Crippen LogP contribution in [0.2, 0.25) is 0 Å². The Morgan fingerprint density at radius 2 is 2.07 bits per heavy atom. The van der Waals surface area contributed by atoms with E-state index in [-0.39, 0.29) is 5.84 Å². The predicted octanol–water partition coefficient (Wildman–Crippen LogP) is 2.11. The van der Waals surface area contributed by atoms with Crippen molar-refractivity contribution in [3.05, 3.63) is 0 Å². The summed E-state index contributed by atoms with van der Waals surface area (Å²) in [6.45, 7) is 1.60. The normalized spacial score (nSPS) is 19.3. The van der Waals surface area contributed by atoms with Crippen LogP contribution in [0.15, 0.2) is 5.16 Å². The van der Waals surface area contributed by atoms with E-state index in [4.69, 9.17) is 15.7 Å². The van der Waals surface area contributed by atoms with E-state index in [9.17, 15) is 0 Å². The molecule has 0 aliphatic heterocycles. The van der Waals surface area contributed by atoms with Gasteiger partial charge in [0, 0.05) is 19.6 Å². The van der Waals surface area contributed by atoms with Crippen molar-refractivity contribution in [2.75, 3.05) is 13.2 Å². The molecule has 1 rings (SSSR count). The van der Waals surface area contributed by atoms with Crippen molar-refractivity contribution in [2.45, 2.75) is 44.9 Å². The minimum Gasteiger partial charge on any atom is -0.409 e. The Morgan fingerprint density at radius 3 is 2.73 bits per heavy atom. The van der Waals surface area contributed by atoms with Gasteiger partial charge in [-0.2, -0.15) is 0 Å². The summed E-state index contributed by atoms with van der Waals surface area (Å²) in [6.07, 6.45) is 8.19. The molecule has 0 radical (unpaired) electrons. The Balaban J connectivity index is 1.92. The maximum atomic E-state index is 8.32. The third kappa shape index (κ3) is 5.62. The van der Waals surface area contributed by atoms with Crippen LogP contribution in [-0.4, -0.2) is 24.3 Å². The predicted molar refractivity (Wildman–Crippen MR) is 60.0 cm³/mol. The summed E-state index contributed by atoms with van der Waals surface area (Å²) in [4.78, 5) is 0. The first-order valence-electron chi connectivity index (χ1n) is 5.87. The molecule has 0 unspecified atom stereocenters. The summed E-state index contributed by atoms with van der Waals surface area (Å²) < 4.78 is 5.58. The highest BCUT2D eigenvalue weighted by Gasteiger charge is 2.12. The van der Waals surface area contributed by atoms with E-state index in [0.29, 0.717) is 13.0 Å². The second kappa shape index (κ2) is 7.51. The lowest BCUT2D eigenvalue weighted by atomic mass is 9.90. The summed E-state index contributed by atoms with van der Waals surface area (Å²) >= 11 is 0. The zero-order valence-corrected chi connectivity index (χ0v) is 9.32. The standard InChI is InChI=1S/C11H22N2O2/c12-11(13-14)7-4-8-15-9-10-5-2-1-3-6-10/h10,14H,1-9H2,(H2,12,13). The summed E-state index contributed by atoms with van der Waals surface area (Å²) in [7, 11) is 0. The van der Waals surface area contributed by atoms with Gasteiger partial charge in [0.25, 0.3) is 0 Å². The van der Waals surface area contributed by atoms with E-state index in [1.807, 2.05) is 0 Å². The molecule has 0 aromatic carbocycles. The van der Waals surface area contributed by atoms with Crippen LogP contribution in [0.1, 0.15) is 44.9 Å². The number of nitrogens with two attached hydrogens (primary N) is 1. The molecule has 4 heteroatoms. The molecule has 1 aliphatic rings. The van der Waals surface area contributed by atoms with Gasteiger partial charge in [0.2, 0.25) is 0 Å². The van der Waals surface area contributed by atoms with Gasteiger partial charge < -0.3 is 15.7 Å². The quantitative estimate of drug-likeness (QED) is 0.234. The van der Waals surface area contributed by atoms with Crippen LogP contribution in [0.4, 0.5) is 0 Å². The van der Waals surface area contributed by atoms with E-state index >= 15 is 0 Å². The maximum absolute atomic E-state index is 8.32. The molecule has 0 saturated heterocycles. The highest BCUT2D eigenvalue weighted by molar-refractivity contribution is 5.79. The fourth-order valence-electron chi connectivity index (χ4n) is 2.01. The Bertz CT molecular complexity index is 189. The van der Waals surface area contributed by atoms with Crippen LogP contribution in [0, 0.1) is 5.92 Å². The first-order valence-corrected chi connectivity index (χ1v) is 5.87. The van der Waals surface area contributed by atoms with Crippen LogP contribution in [0.5, 0.6) is 0 Å². The lowest BCUT2D eigenvalue weighted by Gasteiger charge is -2.21. The van der Waals surface area contributed by atoms with Gasteiger partial charge in [0.05, 0.1) is 0 Å². The zero-order valence-electron chi connectivity index (χ0n) is 9.32. The minimum atomic E-state index is 0.288. The summed E-state index contributed by atoms with van der Waals surface area (Å²) in [5, 5.41) is 11.2. The van der Waals surface area contributed by atoms with Crippen molar-refractivity contribution < 1.29 is 9.94 Å². The van der Waals surface area contributed by atoms with E-state index in [1.165, 1.54) is 32.1 Å². The summed E-state index contributed by atoms with van der Waals surface area (Å²) in [6, 6.07) is 0. The molecule has 0 aromatic heterocycles. The Kier molecular flexibility index (Phi) is 6.16. The molecule has 1 aliphatic carbocycles. The van der Waals surface area contributed by atoms with E-state index < -0.39 is 0 Å². The average Bonchev–Trinajstić information content (AvgIpc) is 2.29. The third-order valence-corrected chi connectivity index (χ3v) is 2.93. The molecule has 1 saturated carbocycles. The molecule has 1 fully saturated rings. The number of ether oxygens (including phenoxy) is 1. The maximum Gasteiger partial charge on any atom is 0.139 e. The van der Waals surface area contributed by atoms with Gasteiger partial charge in [-0.25, -0.2) is 0 Å². The monoisotopic (exact) mass is 214 g/mol. The molecule has 0 amide bonds. The van der Waals surface area contributed by atoms with Gasteiger partial charge >= 0.3 is 0 Å².